The van der Waals surface area contributed by atoms with Crippen molar-refractivity contribution in [1.29, 1.82) is 0 Å². The fourth-order valence-corrected chi connectivity index (χ4v) is 3.35. The van der Waals surface area contributed by atoms with E-state index < -0.39 is 18.3 Å². The van der Waals surface area contributed by atoms with Crippen LogP contribution in [0.5, 0.6) is 0 Å². The third-order valence-electron chi connectivity index (χ3n) is 1.79. The van der Waals surface area contributed by atoms with E-state index in [9.17, 15) is 5.11 Å². The van der Waals surface area contributed by atoms with E-state index in [1.807, 2.05) is 0 Å². The molecule has 11 heavy (non-hydrogen) atoms. The monoisotopic (exact) mass is 228 g/mol. The Morgan fingerprint density at radius 3 is 2.36 bits per heavy atom. The van der Waals surface area contributed by atoms with E-state index in [0.29, 0.717) is 5.32 Å². The van der Waals surface area contributed by atoms with Crippen LogP contribution in [-0.2, 0) is 0 Å². The molecule has 4 nitrogen and oxygen atoms in total. The third-order valence-corrected chi connectivity index (χ3v) is 4.70. The van der Waals surface area contributed by atoms with Crippen molar-refractivity contribution < 1.29 is 20.4 Å². The second-order valence-corrected chi connectivity index (χ2v) is 5.27. The van der Waals surface area contributed by atoms with Crippen molar-refractivity contribution in [2.24, 2.45) is 0 Å². The quantitative estimate of drug-likeness (QED) is 0.390. The van der Waals surface area contributed by atoms with Gasteiger partial charge in [-0.05, 0) is 0 Å². The van der Waals surface area contributed by atoms with Crippen molar-refractivity contribution in [1.82, 2.24) is 0 Å². The number of rotatable bonds is 1. The molecule has 0 radical (unpaired) electrons. The summed E-state index contributed by atoms with van der Waals surface area (Å²) >= 11 is 0.0345. The molecule has 0 aromatic heterocycles. The molecule has 1 heterocycles. The van der Waals surface area contributed by atoms with Gasteiger partial charge >= 0.3 is 70.4 Å². The van der Waals surface area contributed by atoms with Crippen LogP contribution in [-0.4, -0.2) is 60.3 Å². The second kappa shape index (κ2) is 3.85. The van der Waals surface area contributed by atoms with Crippen LogP contribution >= 0.6 is 0 Å². The summed E-state index contributed by atoms with van der Waals surface area (Å²) in [5.74, 6) is 0. The topological polar surface area (TPSA) is 80.9 Å². The van der Waals surface area contributed by atoms with Crippen molar-refractivity contribution in [3.8, 4) is 0 Å². The van der Waals surface area contributed by atoms with Crippen LogP contribution < -0.4 is 0 Å². The minimum atomic E-state index is -1.08. The van der Waals surface area contributed by atoms with Crippen LogP contribution in [0.15, 0.2) is 0 Å². The molecular formula is C6H12O4Se. The van der Waals surface area contributed by atoms with Crippen LogP contribution in [0, 0.1) is 0 Å². The average Bonchev–Trinajstić information content (AvgIpc) is 2.01. The predicted octanol–water partition coefficient (Wildman–Crippen LogP) is -2.01. The summed E-state index contributed by atoms with van der Waals surface area (Å²) < 4.78 is 0. The molecule has 66 valence electrons. The number of aliphatic hydroxyl groups is 4. The Balaban J connectivity index is 2.52. The van der Waals surface area contributed by atoms with E-state index >= 15 is 0 Å². The molecule has 1 fully saturated rings. The van der Waals surface area contributed by atoms with Crippen molar-refractivity contribution in [3.05, 3.63) is 0 Å². The molecule has 0 saturated carbocycles. The zero-order valence-electron chi connectivity index (χ0n) is 5.92. The van der Waals surface area contributed by atoms with Gasteiger partial charge in [0, 0.05) is 0 Å². The first-order chi connectivity index (χ1) is 5.16. The van der Waals surface area contributed by atoms with Gasteiger partial charge in [0.2, 0.25) is 0 Å². The van der Waals surface area contributed by atoms with E-state index in [4.69, 9.17) is 15.3 Å². The van der Waals surface area contributed by atoms with Gasteiger partial charge in [0.25, 0.3) is 0 Å². The summed E-state index contributed by atoms with van der Waals surface area (Å²) in [4.78, 5) is -0.221. The summed E-state index contributed by atoms with van der Waals surface area (Å²) in [6.45, 7) is -0.106. The summed E-state index contributed by atoms with van der Waals surface area (Å²) in [5.41, 5.74) is 0. The Hall–Kier alpha value is 0.359. The first-order valence-electron chi connectivity index (χ1n) is 3.43. The molecule has 0 spiro atoms. The van der Waals surface area contributed by atoms with E-state index in [0.717, 1.165) is 0 Å². The van der Waals surface area contributed by atoms with E-state index in [-0.39, 0.29) is 26.4 Å². The van der Waals surface area contributed by atoms with E-state index in [1.165, 1.54) is 0 Å². The molecule has 0 aromatic rings. The normalized spacial score (nSPS) is 45.8. The molecular weight excluding hydrogens is 215 g/mol. The molecule has 0 aromatic carbocycles. The second-order valence-electron chi connectivity index (χ2n) is 2.60. The fraction of sp³-hybridized carbons (Fsp3) is 1.00. The van der Waals surface area contributed by atoms with Crippen LogP contribution in [0.1, 0.15) is 0 Å². The van der Waals surface area contributed by atoms with Crippen molar-refractivity contribution in [2.45, 2.75) is 28.4 Å². The zero-order chi connectivity index (χ0) is 8.43. The first-order valence-corrected chi connectivity index (χ1v) is 5.63. The molecule has 4 N–H and O–H groups in total. The summed E-state index contributed by atoms with van der Waals surface area (Å²) in [5, 5.41) is 36.7. The zero-order valence-corrected chi connectivity index (χ0v) is 7.63. The van der Waals surface area contributed by atoms with Crippen LogP contribution in [0.25, 0.3) is 0 Å². The Morgan fingerprint density at radius 2 is 1.82 bits per heavy atom. The maximum atomic E-state index is 9.25. The Bertz CT molecular complexity index is 130. The number of hydrogen-bond donors (Lipinski definition) is 4. The van der Waals surface area contributed by atoms with E-state index in [1.54, 1.807) is 0 Å². The molecule has 0 aliphatic carbocycles. The average molecular weight is 227 g/mol. The molecule has 0 amide bonds. The maximum absolute atomic E-state index is 9.25. The van der Waals surface area contributed by atoms with Crippen molar-refractivity contribution in [3.63, 3.8) is 0 Å². The van der Waals surface area contributed by atoms with Gasteiger partial charge < -0.3 is 0 Å². The molecule has 1 saturated heterocycles. The van der Waals surface area contributed by atoms with Crippen LogP contribution in [0.4, 0.5) is 0 Å². The van der Waals surface area contributed by atoms with Gasteiger partial charge in [-0.25, -0.2) is 0 Å². The molecule has 1 rings (SSSR count). The Morgan fingerprint density at radius 1 is 1.18 bits per heavy atom. The van der Waals surface area contributed by atoms with Gasteiger partial charge in [0.1, 0.15) is 0 Å². The van der Waals surface area contributed by atoms with E-state index in [2.05, 4.69) is 0 Å². The fourth-order valence-electron chi connectivity index (χ4n) is 1.03. The number of aliphatic hydroxyl groups excluding tert-OH is 4. The predicted molar refractivity (Wildman–Crippen MR) is 39.4 cm³/mol. The van der Waals surface area contributed by atoms with Gasteiger partial charge in [0.05, 0.1) is 0 Å². The standard InChI is InChI=1S/C6H12O4Se/c7-1-4-6(10)5(9)3(8)2-11-4/h3-10H,1-2H2/t3-,4+,5-,6+/m0/s1. The molecule has 1 aliphatic rings. The third kappa shape index (κ3) is 1.93. The van der Waals surface area contributed by atoms with Gasteiger partial charge in [0.15, 0.2) is 0 Å². The van der Waals surface area contributed by atoms with Gasteiger partial charge in [-0.2, -0.15) is 0 Å². The van der Waals surface area contributed by atoms with Crippen molar-refractivity contribution in [2.75, 3.05) is 6.61 Å². The molecule has 1 aliphatic heterocycles. The molecule has 4 atom stereocenters. The summed E-state index contributed by atoms with van der Waals surface area (Å²) in [7, 11) is 0. The molecule has 0 unspecified atom stereocenters. The molecule has 5 heteroatoms. The van der Waals surface area contributed by atoms with Crippen LogP contribution in [0.3, 0.4) is 0 Å². The first kappa shape index (κ1) is 9.45. The Labute approximate surface area is 71.0 Å². The summed E-state index contributed by atoms with van der Waals surface area (Å²) in [6, 6.07) is 0. The molecule has 0 bridgehead atoms. The minimum absolute atomic E-state index is 0.0345. The van der Waals surface area contributed by atoms with Gasteiger partial charge in [-0.1, -0.05) is 0 Å². The summed E-state index contributed by atoms with van der Waals surface area (Å²) in [6.07, 6.45) is -2.85. The van der Waals surface area contributed by atoms with Gasteiger partial charge in [-0.3, -0.25) is 0 Å². The van der Waals surface area contributed by atoms with Crippen LogP contribution in [0.2, 0.25) is 10.1 Å². The van der Waals surface area contributed by atoms with Gasteiger partial charge in [-0.15, -0.1) is 0 Å². The SMILES string of the molecule is OC[C@H]1[Se]C[C@H](O)[C@H](O)[C@@H]1O. The number of hydrogen-bond acceptors (Lipinski definition) is 4. The Kier molecular flexibility index (Phi) is 3.30. The van der Waals surface area contributed by atoms with Crippen molar-refractivity contribution >= 4 is 15.0 Å².